The van der Waals surface area contributed by atoms with Crippen molar-refractivity contribution in [3.05, 3.63) is 118 Å². The first-order valence-electron chi connectivity index (χ1n) is 9.94. The third-order valence-electron chi connectivity index (χ3n) is 5.79. The van der Waals surface area contributed by atoms with E-state index in [1.165, 1.54) is 0 Å². The Kier molecular flexibility index (Phi) is 3.86. The number of rotatable bonds is 2. The Hall–Kier alpha value is -3.76. The number of fused-ring (bicyclic) bond motifs is 6. The van der Waals surface area contributed by atoms with E-state index in [1.807, 2.05) is 84.9 Å². The molecule has 4 nitrogen and oxygen atoms in total. The van der Waals surface area contributed by atoms with Crippen LogP contribution in [0.1, 0.15) is 27.0 Å². The maximum atomic E-state index is 13.3. The topological polar surface area (TPSA) is 47.6 Å². The smallest absolute Gasteiger partial charge is 0.342 e. The highest BCUT2D eigenvalue weighted by Crippen LogP contribution is 2.56. The zero-order chi connectivity index (χ0) is 21.0. The number of benzene rings is 4. The number of esters is 1. The van der Waals surface area contributed by atoms with Crippen molar-refractivity contribution in [3.8, 4) is 11.5 Å². The maximum Gasteiger partial charge on any atom is 0.342 e. The fraction of sp³-hybridized carbons (Fsp3) is 0.0385. The molecule has 5 heteroatoms. The summed E-state index contributed by atoms with van der Waals surface area (Å²) in [7, 11) is 0. The van der Waals surface area contributed by atoms with Crippen LogP contribution in [0, 0.1) is 0 Å². The van der Waals surface area contributed by atoms with Gasteiger partial charge in [-0.1, -0.05) is 72.3 Å². The van der Waals surface area contributed by atoms with E-state index in [4.69, 9.17) is 21.1 Å². The lowest BCUT2D eigenvalue weighted by atomic mass is 9.77. The van der Waals surface area contributed by atoms with Crippen molar-refractivity contribution in [3.63, 3.8) is 0 Å². The molecule has 0 atom stereocenters. The van der Waals surface area contributed by atoms with E-state index in [0.29, 0.717) is 27.8 Å². The van der Waals surface area contributed by atoms with E-state index in [0.717, 1.165) is 22.4 Å². The quantitative estimate of drug-likeness (QED) is 0.365. The van der Waals surface area contributed by atoms with Crippen molar-refractivity contribution in [2.45, 2.75) is 5.60 Å². The first-order valence-corrected chi connectivity index (χ1v) is 10.3. The van der Waals surface area contributed by atoms with Crippen molar-refractivity contribution in [1.29, 1.82) is 0 Å². The van der Waals surface area contributed by atoms with Crippen LogP contribution in [-0.2, 0) is 10.3 Å². The van der Waals surface area contributed by atoms with Crippen molar-refractivity contribution in [2.24, 2.45) is 0 Å². The van der Waals surface area contributed by atoms with Crippen LogP contribution in [0.2, 0.25) is 5.02 Å². The van der Waals surface area contributed by atoms with Crippen molar-refractivity contribution in [2.75, 3.05) is 5.32 Å². The van der Waals surface area contributed by atoms with Gasteiger partial charge in [-0.25, -0.2) is 4.79 Å². The number of carbonyl (C=O) groups is 1. The molecule has 0 saturated carbocycles. The van der Waals surface area contributed by atoms with Crippen LogP contribution in [0.3, 0.4) is 0 Å². The van der Waals surface area contributed by atoms with E-state index in [1.54, 1.807) is 6.07 Å². The Morgan fingerprint density at radius 2 is 1.26 bits per heavy atom. The highest BCUT2D eigenvalue weighted by molar-refractivity contribution is 6.33. The third kappa shape index (κ3) is 2.52. The first-order chi connectivity index (χ1) is 15.2. The first kappa shape index (κ1) is 18.0. The number of ether oxygens (including phenoxy) is 2. The summed E-state index contributed by atoms with van der Waals surface area (Å²) >= 11 is 6.34. The molecule has 2 aliphatic rings. The van der Waals surface area contributed by atoms with Gasteiger partial charge in [0.25, 0.3) is 0 Å². The predicted octanol–water partition coefficient (Wildman–Crippen LogP) is 6.65. The van der Waals surface area contributed by atoms with Gasteiger partial charge in [-0.3, -0.25) is 0 Å². The van der Waals surface area contributed by atoms with Gasteiger partial charge in [-0.2, -0.15) is 0 Å². The van der Waals surface area contributed by atoms with Gasteiger partial charge in [0, 0.05) is 16.7 Å². The number of anilines is 2. The van der Waals surface area contributed by atoms with Gasteiger partial charge in [0.05, 0.1) is 22.0 Å². The van der Waals surface area contributed by atoms with E-state index in [2.05, 4.69) is 5.32 Å². The number of halogens is 1. The molecular formula is C26H16ClNO3. The SMILES string of the molecule is O=C1OC2(c3ccccc3Oc3ccccc32)c2cccc(Nc3ccccc3Cl)c21. The molecule has 0 aliphatic carbocycles. The van der Waals surface area contributed by atoms with Gasteiger partial charge in [0.2, 0.25) is 0 Å². The van der Waals surface area contributed by atoms with Gasteiger partial charge >= 0.3 is 5.97 Å². The van der Waals surface area contributed by atoms with Gasteiger partial charge in [-0.05, 0) is 30.3 Å². The summed E-state index contributed by atoms with van der Waals surface area (Å²) in [6.07, 6.45) is 0. The normalized spacial score (nSPS) is 14.8. The maximum absolute atomic E-state index is 13.3. The highest BCUT2D eigenvalue weighted by Gasteiger charge is 2.54. The second-order valence-electron chi connectivity index (χ2n) is 7.50. The molecule has 31 heavy (non-hydrogen) atoms. The second kappa shape index (κ2) is 6.62. The molecule has 4 aromatic carbocycles. The molecule has 0 unspecified atom stereocenters. The molecule has 150 valence electrons. The molecular weight excluding hydrogens is 410 g/mol. The minimum Gasteiger partial charge on any atom is -0.456 e. The van der Waals surface area contributed by atoms with Crippen LogP contribution >= 0.6 is 11.6 Å². The second-order valence-corrected chi connectivity index (χ2v) is 7.91. The monoisotopic (exact) mass is 425 g/mol. The van der Waals surface area contributed by atoms with Crippen LogP contribution in [-0.4, -0.2) is 5.97 Å². The van der Waals surface area contributed by atoms with E-state index < -0.39 is 11.6 Å². The molecule has 0 radical (unpaired) electrons. The van der Waals surface area contributed by atoms with Crippen molar-refractivity contribution >= 4 is 28.9 Å². The predicted molar refractivity (Wildman–Crippen MR) is 119 cm³/mol. The molecule has 2 heterocycles. The Morgan fingerprint density at radius 3 is 1.97 bits per heavy atom. The minimum atomic E-state index is -1.07. The lowest BCUT2D eigenvalue weighted by Crippen LogP contribution is -2.32. The summed E-state index contributed by atoms with van der Waals surface area (Å²) in [5.74, 6) is 0.953. The summed E-state index contributed by atoms with van der Waals surface area (Å²) in [6, 6.07) is 28.5. The standard InChI is InChI=1S/C26H16ClNO3/c27-19-11-3-4-12-20(19)28-21-13-7-10-18-24(21)25(29)31-26(18)16-8-1-5-14-22(16)30-23-15-6-2-9-17(23)26/h1-15,28H. The highest BCUT2D eigenvalue weighted by atomic mass is 35.5. The number of hydrogen-bond acceptors (Lipinski definition) is 4. The third-order valence-corrected chi connectivity index (χ3v) is 6.12. The zero-order valence-electron chi connectivity index (χ0n) is 16.3. The molecule has 0 fully saturated rings. The number of para-hydroxylation sites is 3. The molecule has 4 aromatic rings. The fourth-order valence-electron chi connectivity index (χ4n) is 4.48. The Balaban J connectivity index is 1.61. The molecule has 0 aromatic heterocycles. The van der Waals surface area contributed by atoms with Crippen LogP contribution in [0.25, 0.3) is 0 Å². The summed E-state index contributed by atoms with van der Waals surface area (Å²) in [5, 5.41) is 3.88. The lowest BCUT2D eigenvalue weighted by Gasteiger charge is -2.36. The largest absolute Gasteiger partial charge is 0.456 e. The van der Waals surface area contributed by atoms with Crippen LogP contribution < -0.4 is 10.1 Å². The fourth-order valence-corrected chi connectivity index (χ4v) is 4.66. The average Bonchev–Trinajstić information content (AvgIpc) is 3.09. The number of hydrogen-bond donors (Lipinski definition) is 1. The summed E-state index contributed by atoms with van der Waals surface area (Å²) in [5.41, 5.74) is 3.17. The Morgan fingerprint density at radius 1 is 0.677 bits per heavy atom. The van der Waals surface area contributed by atoms with E-state index >= 15 is 0 Å². The molecule has 1 N–H and O–H groups in total. The van der Waals surface area contributed by atoms with Crippen molar-refractivity contribution in [1.82, 2.24) is 0 Å². The minimum absolute atomic E-state index is 0.392. The van der Waals surface area contributed by atoms with Crippen molar-refractivity contribution < 1.29 is 14.3 Å². The van der Waals surface area contributed by atoms with Gasteiger partial charge in [0.1, 0.15) is 11.5 Å². The Bertz CT molecular complexity index is 1320. The average molecular weight is 426 g/mol. The lowest BCUT2D eigenvalue weighted by molar-refractivity contribution is 0.0225. The summed E-state index contributed by atoms with van der Waals surface area (Å²) in [6.45, 7) is 0. The number of nitrogens with one attached hydrogen (secondary N) is 1. The zero-order valence-corrected chi connectivity index (χ0v) is 17.0. The van der Waals surface area contributed by atoms with Crippen LogP contribution in [0.5, 0.6) is 11.5 Å². The van der Waals surface area contributed by atoms with Crippen LogP contribution in [0.15, 0.2) is 91.0 Å². The Labute approximate surface area is 184 Å². The molecule has 0 saturated heterocycles. The van der Waals surface area contributed by atoms with Crippen LogP contribution in [0.4, 0.5) is 11.4 Å². The van der Waals surface area contributed by atoms with E-state index in [-0.39, 0.29) is 0 Å². The van der Waals surface area contributed by atoms with Gasteiger partial charge in [0.15, 0.2) is 5.60 Å². The van der Waals surface area contributed by atoms with Gasteiger partial charge < -0.3 is 14.8 Å². The molecule has 1 spiro atoms. The molecule has 0 amide bonds. The molecule has 6 rings (SSSR count). The summed E-state index contributed by atoms with van der Waals surface area (Å²) in [4.78, 5) is 13.3. The number of carbonyl (C=O) groups excluding carboxylic acids is 1. The van der Waals surface area contributed by atoms with Gasteiger partial charge in [-0.15, -0.1) is 0 Å². The molecule has 0 bridgehead atoms. The summed E-state index contributed by atoms with van der Waals surface area (Å²) < 4.78 is 12.4. The molecule has 2 aliphatic heterocycles. The van der Waals surface area contributed by atoms with E-state index in [9.17, 15) is 4.79 Å².